The van der Waals surface area contributed by atoms with E-state index in [1.54, 1.807) is 42.5 Å². The second-order valence-electron chi connectivity index (χ2n) is 7.50. The number of benzene rings is 3. The van der Waals surface area contributed by atoms with Crippen molar-refractivity contribution in [3.8, 4) is 5.75 Å². The molecule has 0 saturated heterocycles. The molecule has 0 aliphatic heterocycles. The summed E-state index contributed by atoms with van der Waals surface area (Å²) in [5, 5.41) is 9.21. The Balaban J connectivity index is 1.54. The minimum Gasteiger partial charge on any atom is -0.483 e. The fourth-order valence-electron chi connectivity index (χ4n) is 3.12. The van der Waals surface area contributed by atoms with Crippen LogP contribution < -0.4 is 20.8 Å². The first kappa shape index (κ1) is 25.6. The van der Waals surface area contributed by atoms with E-state index in [4.69, 9.17) is 4.74 Å². The molecule has 3 amide bonds. The third-order valence-electron chi connectivity index (χ3n) is 4.94. The van der Waals surface area contributed by atoms with Crippen LogP contribution in [-0.4, -0.2) is 30.5 Å². The van der Waals surface area contributed by atoms with E-state index < -0.39 is 11.8 Å². The number of ether oxygens (including phenoxy) is 1. The Morgan fingerprint density at radius 1 is 0.971 bits per heavy atom. The molecule has 0 heterocycles. The van der Waals surface area contributed by atoms with E-state index in [1.165, 1.54) is 6.21 Å². The molecule has 3 aromatic carbocycles. The van der Waals surface area contributed by atoms with E-state index in [0.717, 1.165) is 15.6 Å². The van der Waals surface area contributed by atoms with E-state index in [0.29, 0.717) is 29.1 Å². The van der Waals surface area contributed by atoms with Crippen LogP contribution in [0, 0.1) is 6.92 Å². The minimum atomic E-state index is -0.908. The van der Waals surface area contributed by atoms with Crippen molar-refractivity contribution in [1.29, 1.82) is 0 Å². The van der Waals surface area contributed by atoms with Crippen molar-refractivity contribution in [3.63, 3.8) is 0 Å². The van der Waals surface area contributed by atoms with Crippen molar-refractivity contribution >= 4 is 51.2 Å². The number of hydrogen-bond donors (Lipinski definition) is 3. The summed E-state index contributed by atoms with van der Waals surface area (Å²) in [6.07, 6.45) is 2.06. The Kier molecular flexibility index (Phi) is 9.14. The summed E-state index contributed by atoms with van der Waals surface area (Å²) in [6, 6.07) is 19.6. The fraction of sp³-hybridized carbons (Fsp3) is 0.154. The van der Waals surface area contributed by atoms with Crippen LogP contribution >= 0.6 is 15.9 Å². The van der Waals surface area contributed by atoms with Gasteiger partial charge in [0.1, 0.15) is 5.75 Å². The monoisotopic (exact) mass is 536 g/mol. The standard InChI is InChI=1S/C26H25BrN4O4/c1-3-18-8-4-6-10-22(18)30-25(33)26(34)31-28-15-19-9-5-7-11-23(19)35-16-24(32)29-20-12-13-21(27)17(2)14-20/h4-15H,3,16H2,1-2H3,(H,29,32)(H,30,33)(H,31,34)/b28-15-. The summed E-state index contributed by atoms with van der Waals surface area (Å²) in [4.78, 5) is 36.6. The second-order valence-corrected chi connectivity index (χ2v) is 8.36. The molecule has 3 rings (SSSR count). The summed E-state index contributed by atoms with van der Waals surface area (Å²) < 4.78 is 6.58. The van der Waals surface area contributed by atoms with Gasteiger partial charge < -0.3 is 15.4 Å². The van der Waals surface area contributed by atoms with Gasteiger partial charge in [-0.3, -0.25) is 14.4 Å². The number of hydrazone groups is 1. The van der Waals surface area contributed by atoms with Crippen LogP contribution in [0.4, 0.5) is 11.4 Å². The number of amides is 3. The molecule has 0 saturated carbocycles. The summed E-state index contributed by atoms with van der Waals surface area (Å²) >= 11 is 3.42. The molecular weight excluding hydrogens is 512 g/mol. The maximum Gasteiger partial charge on any atom is 0.329 e. The zero-order chi connectivity index (χ0) is 25.2. The first-order chi connectivity index (χ1) is 16.9. The third kappa shape index (κ3) is 7.51. The predicted octanol–water partition coefficient (Wildman–Crippen LogP) is 4.43. The van der Waals surface area contributed by atoms with Crippen LogP contribution in [0.25, 0.3) is 0 Å². The van der Waals surface area contributed by atoms with Crippen molar-refractivity contribution in [2.24, 2.45) is 5.10 Å². The van der Waals surface area contributed by atoms with Gasteiger partial charge >= 0.3 is 11.8 Å². The average molecular weight is 537 g/mol. The topological polar surface area (TPSA) is 109 Å². The van der Waals surface area contributed by atoms with Gasteiger partial charge in [0.05, 0.1) is 6.21 Å². The first-order valence-corrected chi connectivity index (χ1v) is 11.7. The number of aryl methyl sites for hydroxylation is 2. The number of para-hydroxylation sites is 2. The largest absolute Gasteiger partial charge is 0.483 e. The fourth-order valence-corrected chi connectivity index (χ4v) is 3.37. The third-order valence-corrected chi connectivity index (χ3v) is 5.83. The molecule has 0 aromatic heterocycles. The Hall–Kier alpha value is -3.98. The van der Waals surface area contributed by atoms with Gasteiger partial charge in [0, 0.05) is 21.4 Å². The zero-order valence-corrected chi connectivity index (χ0v) is 20.9. The van der Waals surface area contributed by atoms with Crippen molar-refractivity contribution in [3.05, 3.63) is 87.9 Å². The number of hydrogen-bond acceptors (Lipinski definition) is 5. The first-order valence-electron chi connectivity index (χ1n) is 10.9. The van der Waals surface area contributed by atoms with E-state index in [-0.39, 0.29) is 12.5 Å². The highest BCUT2D eigenvalue weighted by Crippen LogP contribution is 2.20. The molecule has 0 radical (unpaired) electrons. The molecule has 0 spiro atoms. The second kappa shape index (κ2) is 12.5. The lowest BCUT2D eigenvalue weighted by atomic mass is 10.1. The molecule has 3 aromatic rings. The number of rotatable bonds is 8. The molecule has 9 heteroatoms. The summed E-state index contributed by atoms with van der Waals surface area (Å²) in [7, 11) is 0. The quantitative estimate of drug-likeness (QED) is 0.225. The molecular formula is C26H25BrN4O4. The van der Waals surface area contributed by atoms with Crippen LogP contribution in [-0.2, 0) is 20.8 Å². The average Bonchev–Trinajstić information content (AvgIpc) is 2.86. The Bertz CT molecular complexity index is 1260. The van der Waals surface area contributed by atoms with Crippen LogP contribution in [0.3, 0.4) is 0 Å². The van der Waals surface area contributed by atoms with Gasteiger partial charge in [-0.1, -0.05) is 53.2 Å². The number of nitrogens with one attached hydrogen (secondary N) is 3. The van der Waals surface area contributed by atoms with Gasteiger partial charge in [-0.05, 0) is 60.9 Å². The summed E-state index contributed by atoms with van der Waals surface area (Å²) in [6.45, 7) is 3.67. The van der Waals surface area contributed by atoms with Gasteiger partial charge in [-0.2, -0.15) is 5.10 Å². The zero-order valence-electron chi connectivity index (χ0n) is 19.3. The highest BCUT2D eigenvalue weighted by molar-refractivity contribution is 9.10. The molecule has 3 N–H and O–H groups in total. The number of carbonyl (C=O) groups excluding carboxylic acids is 3. The lowest BCUT2D eigenvalue weighted by molar-refractivity contribution is -0.136. The molecule has 0 atom stereocenters. The Labute approximate surface area is 211 Å². The Morgan fingerprint density at radius 2 is 1.71 bits per heavy atom. The van der Waals surface area contributed by atoms with Gasteiger partial charge in [0.2, 0.25) is 0 Å². The molecule has 0 aliphatic carbocycles. The maximum absolute atomic E-state index is 12.3. The predicted molar refractivity (Wildman–Crippen MR) is 140 cm³/mol. The van der Waals surface area contributed by atoms with Gasteiger partial charge in [0.25, 0.3) is 5.91 Å². The molecule has 8 nitrogen and oxygen atoms in total. The van der Waals surface area contributed by atoms with E-state index in [9.17, 15) is 14.4 Å². The SMILES string of the molecule is CCc1ccccc1NC(=O)C(=O)N/N=C\c1ccccc1OCC(=O)Nc1ccc(Br)c(C)c1. The van der Waals surface area contributed by atoms with Gasteiger partial charge in [0.15, 0.2) is 6.61 Å². The van der Waals surface area contributed by atoms with Crippen LogP contribution in [0.1, 0.15) is 23.6 Å². The van der Waals surface area contributed by atoms with Crippen LogP contribution in [0.15, 0.2) is 76.3 Å². The van der Waals surface area contributed by atoms with Gasteiger partial charge in [-0.25, -0.2) is 5.43 Å². The highest BCUT2D eigenvalue weighted by atomic mass is 79.9. The van der Waals surface area contributed by atoms with E-state index in [2.05, 4.69) is 37.1 Å². The molecule has 0 aliphatic rings. The molecule has 0 fully saturated rings. The smallest absolute Gasteiger partial charge is 0.329 e. The lowest BCUT2D eigenvalue weighted by Gasteiger charge is -2.10. The van der Waals surface area contributed by atoms with E-state index >= 15 is 0 Å². The van der Waals surface area contributed by atoms with Crippen molar-refractivity contribution in [2.75, 3.05) is 17.2 Å². The van der Waals surface area contributed by atoms with E-state index in [1.807, 2.05) is 38.1 Å². The van der Waals surface area contributed by atoms with Crippen LogP contribution in [0.5, 0.6) is 5.75 Å². The van der Waals surface area contributed by atoms with Crippen molar-refractivity contribution in [2.45, 2.75) is 20.3 Å². The summed E-state index contributed by atoms with van der Waals surface area (Å²) in [5.74, 6) is -1.66. The van der Waals surface area contributed by atoms with Crippen molar-refractivity contribution < 1.29 is 19.1 Å². The van der Waals surface area contributed by atoms with Gasteiger partial charge in [-0.15, -0.1) is 0 Å². The minimum absolute atomic E-state index is 0.217. The Morgan fingerprint density at radius 3 is 2.49 bits per heavy atom. The number of carbonyl (C=O) groups is 3. The molecule has 0 unspecified atom stereocenters. The normalized spacial score (nSPS) is 10.6. The lowest BCUT2D eigenvalue weighted by Crippen LogP contribution is -2.32. The highest BCUT2D eigenvalue weighted by Gasteiger charge is 2.14. The molecule has 180 valence electrons. The number of halogens is 1. The molecule has 0 bridgehead atoms. The van der Waals surface area contributed by atoms with Crippen molar-refractivity contribution in [1.82, 2.24) is 5.43 Å². The summed E-state index contributed by atoms with van der Waals surface area (Å²) in [5.41, 5.74) is 5.88. The number of anilines is 2. The van der Waals surface area contributed by atoms with Crippen LogP contribution in [0.2, 0.25) is 0 Å². The number of nitrogens with zero attached hydrogens (tertiary/aromatic N) is 1. The molecule has 35 heavy (non-hydrogen) atoms. The maximum atomic E-state index is 12.3.